The Labute approximate surface area is 162 Å². The molecule has 2 heterocycles. The van der Waals surface area contributed by atoms with Crippen LogP contribution in [0, 0.1) is 11.3 Å². The minimum atomic E-state index is -0.825. The Balaban J connectivity index is 2.03. The Morgan fingerprint density at radius 2 is 2.04 bits per heavy atom. The molecule has 1 aromatic carbocycles. The molecule has 0 saturated carbocycles. The van der Waals surface area contributed by atoms with E-state index in [0.717, 1.165) is 27.6 Å². The number of halogens is 1. The molecular weight excluding hydrogens is 362 g/mol. The first-order valence-electron chi connectivity index (χ1n) is 8.67. The van der Waals surface area contributed by atoms with E-state index < -0.39 is 5.41 Å². The van der Waals surface area contributed by atoms with E-state index in [2.05, 4.69) is 16.0 Å². The second-order valence-electron chi connectivity index (χ2n) is 6.70. The maximum atomic E-state index is 12.1. The van der Waals surface area contributed by atoms with Gasteiger partial charge < -0.3 is 9.72 Å². The van der Waals surface area contributed by atoms with Crippen LogP contribution in [0.3, 0.4) is 0 Å². The van der Waals surface area contributed by atoms with Gasteiger partial charge in [-0.3, -0.25) is 4.79 Å². The summed E-state index contributed by atoms with van der Waals surface area (Å²) in [5.74, 6) is 0.428. The molecule has 6 heteroatoms. The Morgan fingerprint density at radius 1 is 1.26 bits per heavy atom. The van der Waals surface area contributed by atoms with Crippen LogP contribution in [0.2, 0.25) is 5.15 Å². The lowest BCUT2D eigenvalue weighted by molar-refractivity contribution is 0.397. The number of methoxy groups -OCH3 is 1. The molecule has 27 heavy (non-hydrogen) atoms. The predicted molar refractivity (Wildman–Crippen MR) is 106 cm³/mol. The first kappa shape index (κ1) is 18.9. The molecule has 0 amide bonds. The van der Waals surface area contributed by atoms with Gasteiger partial charge in [0, 0.05) is 17.1 Å². The lowest BCUT2D eigenvalue weighted by atomic mass is 9.78. The summed E-state index contributed by atoms with van der Waals surface area (Å²) in [5, 5.41) is 11.2. The number of H-pyrrole nitrogens is 1. The monoisotopic (exact) mass is 381 g/mol. The normalized spacial score (nSPS) is 13.1. The minimum absolute atomic E-state index is 0.0943. The molecule has 0 fully saturated rings. The van der Waals surface area contributed by atoms with Crippen LogP contribution < -0.4 is 10.3 Å². The highest BCUT2D eigenvalue weighted by Gasteiger charge is 2.28. The molecule has 1 N–H and O–H groups in total. The van der Waals surface area contributed by atoms with E-state index in [1.807, 2.05) is 44.2 Å². The third-order valence-corrected chi connectivity index (χ3v) is 5.17. The van der Waals surface area contributed by atoms with Crippen LogP contribution in [0.15, 0.2) is 41.2 Å². The van der Waals surface area contributed by atoms with Crippen LogP contribution in [-0.4, -0.2) is 17.1 Å². The van der Waals surface area contributed by atoms with Gasteiger partial charge in [0.15, 0.2) is 0 Å². The van der Waals surface area contributed by atoms with Gasteiger partial charge in [-0.15, -0.1) is 0 Å². The summed E-state index contributed by atoms with van der Waals surface area (Å²) in [6.07, 6.45) is 1.06. The van der Waals surface area contributed by atoms with Gasteiger partial charge in [0.1, 0.15) is 5.15 Å². The van der Waals surface area contributed by atoms with Crippen molar-refractivity contribution in [2.24, 2.45) is 0 Å². The molecule has 0 aliphatic rings. The highest BCUT2D eigenvalue weighted by molar-refractivity contribution is 6.30. The van der Waals surface area contributed by atoms with Crippen molar-refractivity contribution in [3.8, 4) is 11.9 Å². The second kappa shape index (κ2) is 7.42. The molecule has 3 rings (SSSR count). The number of nitriles is 1. The number of aromatic amines is 1. The summed E-state index contributed by atoms with van der Waals surface area (Å²) in [6.45, 7) is 3.80. The van der Waals surface area contributed by atoms with Gasteiger partial charge in [0.05, 0.1) is 18.6 Å². The fraction of sp³-hybridized carbons (Fsp3) is 0.286. The fourth-order valence-electron chi connectivity index (χ4n) is 3.13. The van der Waals surface area contributed by atoms with E-state index in [0.29, 0.717) is 23.9 Å². The third kappa shape index (κ3) is 3.67. The number of hydrogen-bond donors (Lipinski definition) is 1. The maximum Gasteiger partial charge on any atom is 0.251 e. The predicted octanol–water partition coefficient (Wildman–Crippen LogP) is 4.17. The first-order valence-corrected chi connectivity index (χ1v) is 9.05. The number of rotatable bonds is 5. The summed E-state index contributed by atoms with van der Waals surface area (Å²) >= 11 is 6.26. The zero-order chi connectivity index (χ0) is 19.6. The van der Waals surface area contributed by atoms with Crippen molar-refractivity contribution < 1.29 is 4.74 Å². The van der Waals surface area contributed by atoms with Crippen LogP contribution in [0.1, 0.15) is 30.5 Å². The molecular formula is C21H20ClN3O2. The number of ether oxygens (including phenoxy) is 1. The van der Waals surface area contributed by atoms with Crippen LogP contribution in [0.4, 0.5) is 0 Å². The molecule has 3 aromatic rings. The number of benzene rings is 1. The summed E-state index contributed by atoms with van der Waals surface area (Å²) < 4.78 is 5.08. The molecule has 0 saturated heterocycles. The molecule has 0 radical (unpaired) electrons. The third-order valence-electron chi connectivity index (χ3n) is 4.84. The molecule has 0 bridgehead atoms. The summed E-state index contributed by atoms with van der Waals surface area (Å²) in [6, 6.07) is 13.6. The van der Waals surface area contributed by atoms with E-state index in [1.165, 1.54) is 7.11 Å². The smallest absolute Gasteiger partial charge is 0.251 e. The zero-order valence-corrected chi connectivity index (χ0v) is 16.2. The minimum Gasteiger partial charge on any atom is -0.481 e. The molecule has 5 nitrogen and oxygen atoms in total. The quantitative estimate of drug-likeness (QED) is 0.672. The Morgan fingerprint density at radius 3 is 2.67 bits per heavy atom. The SMILES string of the molecule is CCc1cc2ccc(C(C)(C#N)Cc3ccc(OC)nc3Cl)cc2[nH]c1=O. The van der Waals surface area contributed by atoms with Crippen molar-refractivity contribution in [3.63, 3.8) is 0 Å². The van der Waals surface area contributed by atoms with Crippen LogP contribution in [0.25, 0.3) is 10.9 Å². The van der Waals surface area contributed by atoms with Gasteiger partial charge in [0.2, 0.25) is 5.88 Å². The summed E-state index contributed by atoms with van der Waals surface area (Å²) in [5.41, 5.74) is 2.11. The molecule has 2 aromatic heterocycles. The lowest BCUT2D eigenvalue weighted by Crippen LogP contribution is -2.23. The van der Waals surface area contributed by atoms with Gasteiger partial charge in [-0.2, -0.15) is 5.26 Å². The fourth-order valence-corrected chi connectivity index (χ4v) is 3.34. The Hall–Kier alpha value is -2.84. The highest BCUT2D eigenvalue weighted by atomic mass is 35.5. The van der Waals surface area contributed by atoms with E-state index in [-0.39, 0.29) is 5.56 Å². The van der Waals surface area contributed by atoms with Crippen molar-refractivity contribution in [1.82, 2.24) is 9.97 Å². The number of aryl methyl sites for hydroxylation is 1. The standard InChI is InChI=1S/C21H20ClN3O2/c1-4-13-9-14-5-7-16(10-17(14)24-20(13)26)21(2,12-23)11-15-6-8-18(27-3)25-19(15)22/h5-10H,4,11H2,1-3H3,(H,24,26). The zero-order valence-electron chi connectivity index (χ0n) is 15.5. The number of pyridine rings is 2. The van der Waals surface area contributed by atoms with E-state index >= 15 is 0 Å². The van der Waals surface area contributed by atoms with Gasteiger partial charge in [-0.25, -0.2) is 4.98 Å². The lowest BCUT2D eigenvalue weighted by Gasteiger charge is -2.23. The van der Waals surface area contributed by atoms with Crippen molar-refractivity contribution in [3.05, 3.63) is 68.6 Å². The number of fused-ring (bicyclic) bond motifs is 1. The second-order valence-corrected chi connectivity index (χ2v) is 7.06. The van der Waals surface area contributed by atoms with Crippen molar-refractivity contribution >= 4 is 22.5 Å². The number of nitrogens with zero attached hydrogens (tertiary/aromatic N) is 2. The van der Waals surface area contributed by atoms with Gasteiger partial charge in [-0.1, -0.05) is 36.7 Å². The number of nitrogens with one attached hydrogen (secondary N) is 1. The summed E-state index contributed by atoms with van der Waals surface area (Å²) in [4.78, 5) is 19.2. The molecule has 138 valence electrons. The average molecular weight is 382 g/mol. The van der Waals surface area contributed by atoms with Gasteiger partial charge in [-0.05, 0) is 48.4 Å². The number of hydrogen-bond acceptors (Lipinski definition) is 4. The first-order chi connectivity index (χ1) is 12.9. The van der Waals surface area contributed by atoms with Crippen molar-refractivity contribution in [1.29, 1.82) is 5.26 Å². The van der Waals surface area contributed by atoms with E-state index in [9.17, 15) is 10.1 Å². The molecule has 0 aliphatic carbocycles. The van der Waals surface area contributed by atoms with Crippen LogP contribution in [0.5, 0.6) is 5.88 Å². The topological polar surface area (TPSA) is 78.8 Å². The molecule has 1 unspecified atom stereocenters. The van der Waals surface area contributed by atoms with Crippen molar-refractivity contribution in [2.75, 3.05) is 7.11 Å². The van der Waals surface area contributed by atoms with Crippen molar-refractivity contribution in [2.45, 2.75) is 32.1 Å². The Kier molecular flexibility index (Phi) is 5.20. The summed E-state index contributed by atoms with van der Waals surface area (Å²) in [7, 11) is 1.53. The largest absolute Gasteiger partial charge is 0.481 e. The average Bonchev–Trinajstić information content (AvgIpc) is 2.68. The van der Waals surface area contributed by atoms with Gasteiger partial charge in [0.25, 0.3) is 5.56 Å². The maximum absolute atomic E-state index is 12.1. The highest BCUT2D eigenvalue weighted by Crippen LogP contribution is 2.32. The molecule has 0 spiro atoms. The van der Waals surface area contributed by atoms with Gasteiger partial charge >= 0.3 is 0 Å². The van der Waals surface area contributed by atoms with E-state index in [4.69, 9.17) is 16.3 Å². The molecule has 1 atom stereocenters. The number of aromatic nitrogens is 2. The molecule has 0 aliphatic heterocycles. The van der Waals surface area contributed by atoms with Crippen LogP contribution >= 0.6 is 11.6 Å². The van der Waals surface area contributed by atoms with Crippen LogP contribution in [-0.2, 0) is 18.3 Å². The van der Waals surface area contributed by atoms with E-state index in [1.54, 1.807) is 6.07 Å². The Bertz CT molecular complexity index is 1100.